The van der Waals surface area contributed by atoms with Crippen LogP contribution in [0, 0.1) is 0 Å². The van der Waals surface area contributed by atoms with Crippen molar-refractivity contribution in [2.75, 3.05) is 19.8 Å². The van der Waals surface area contributed by atoms with Crippen molar-refractivity contribution < 1.29 is 47.8 Å². The van der Waals surface area contributed by atoms with Gasteiger partial charge in [-0.1, -0.05) is 186 Å². The number of esters is 1. The minimum absolute atomic E-state index is 0.150. The lowest BCUT2D eigenvalue weighted by Crippen LogP contribution is -2.43. The number of carbonyl (C=O) groups is 3. The van der Waals surface area contributed by atoms with Crippen molar-refractivity contribution in [3.05, 3.63) is 24.3 Å². The molecule has 0 aliphatic rings. The van der Waals surface area contributed by atoms with Crippen molar-refractivity contribution in [1.82, 2.24) is 5.32 Å². The van der Waals surface area contributed by atoms with Crippen LogP contribution < -0.4 is 5.32 Å². The van der Waals surface area contributed by atoms with Gasteiger partial charge in [0.25, 0.3) is 0 Å². The van der Waals surface area contributed by atoms with E-state index in [4.69, 9.17) is 13.8 Å². The smallest absolute Gasteiger partial charge is 0.472 e. The summed E-state index contributed by atoms with van der Waals surface area (Å²) < 4.78 is 26.9. The predicted molar refractivity (Wildman–Crippen MR) is 236 cm³/mol. The molecule has 0 spiro atoms. The molecule has 0 radical (unpaired) electrons. The van der Waals surface area contributed by atoms with Gasteiger partial charge in [-0.15, -0.1) is 0 Å². The summed E-state index contributed by atoms with van der Waals surface area (Å²) in [5.41, 5.74) is 0. The molecule has 0 bridgehead atoms. The molecule has 3 atom stereocenters. The summed E-state index contributed by atoms with van der Waals surface area (Å²) in [4.78, 5) is 45.9. The molecule has 3 unspecified atom stereocenters. The van der Waals surface area contributed by atoms with Crippen LogP contribution >= 0.6 is 7.82 Å². The lowest BCUT2D eigenvalue weighted by Gasteiger charge is -2.18. The number of carbonyl (C=O) groups excluding carboxylic acids is 2. The van der Waals surface area contributed by atoms with E-state index in [0.29, 0.717) is 12.8 Å². The number of aliphatic hydroxyl groups is 1. The van der Waals surface area contributed by atoms with Crippen LogP contribution in [0.2, 0.25) is 0 Å². The van der Waals surface area contributed by atoms with E-state index in [1.54, 1.807) is 0 Å². The zero-order valence-corrected chi connectivity index (χ0v) is 37.8. The molecule has 0 aromatic rings. The third kappa shape index (κ3) is 40.7. The average Bonchev–Trinajstić information content (AvgIpc) is 3.20. The van der Waals surface area contributed by atoms with Gasteiger partial charge in [0.15, 0.2) is 6.04 Å². The van der Waals surface area contributed by atoms with E-state index < -0.39 is 57.6 Å². The van der Waals surface area contributed by atoms with Crippen LogP contribution in [-0.4, -0.2) is 64.9 Å². The highest BCUT2D eigenvalue weighted by Crippen LogP contribution is 2.43. The number of carboxylic acids is 1. The second-order valence-electron chi connectivity index (χ2n) is 15.9. The maximum Gasteiger partial charge on any atom is 0.472 e. The molecule has 340 valence electrons. The van der Waals surface area contributed by atoms with Gasteiger partial charge >= 0.3 is 19.8 Å². The topological polar surface area (TPSA) is 169 Å². The van der Waals surface area contributed by atoms with Crippen LogP contribution in [0.3, 0.4) is 0 Å². The fourth-order valence-corrected chi connectivity index (χ4v) is 7.35. The molecule has 0 fully saturated rings. The van der Waals surface area contributed by atoms with Crippen LogP contribution in [0.4, 0.5) is 0 Å². The van der Waals surface area contributed by atoms with E-state index in [1.807, 2.05) is 0 Å². The number of aliphatic carboxylic acids is 1. The number of carboxylic acid groups (broad SMARTS) is 1. The van der Waals surface area contributed by atoms with Gasteiger partial charge in [0.2, 0.25) is 5.91 Å². The quantitative estimate of drug-likeness (QED) is 0.0200. The molecule has 0 rings (SSSR count). The van der Waals surface area contributed by atoms with Gasteiger partial charge in [-0.25, -0.2) is 9.36 Å². The SMILES string of the molecule is CCCCC/C=C\C/C=C\CCCCCCCCCCCCCC(=O)OCC(O)COP(=O)(O)OCC(NC(=O)CCCCCCCCCCCCCCC)C(=O)O. The van der Waals surface area contributed by atoms with Crippen molar-refractivity contribution in [3.63, 3.8) is 0 Å². The van der Waals surface area contributed by atoms with E-state index in [2.05, 4.69) is 43.5 Å². The molecule has 12 heteroatoms. The van der Waals surface area contributed by atoms with Gasteiger partial charge in [-0.2, -0.15) is 0 Å². The molecule has 0 aromatic carbocycles. The number of phosphoric ester groups is 1. The lowest BCUT2D eigenvalue weighted by molar-refractivity contribution is -0.147. The molecule has 11 nitrogen and oxygen atoms in total. The van der Waals surface area contributed by atoms with Crippen LogP contribution in [0.1, 0.15) is 219 Å². The Kier molecular flexibility index (Phi) is 40.2. The highest BCUT2D eigenvalue weighted by atomic mass is 31.2. The maximum atomic E-state index is 12.3. The molecular formula is C46H86NO10P. The van der Waals surface area contributed by atoms with Crippen molar-refractivity contribution in [2.24, 2.45) is 0 Å². The third-order valence-electron chi connectivity index (χ3n) is 10.2. The Labute approximate surface area is 353 Å². The first-order valence-corrected chi connectivity index (χ1v) is 24.9. The predicted octanol–water partition coefficient (Wildman–Crippen LogP) is 12.2. The second-order valence-corrected chi connectivity index (χ2v) is 17.4. The minimum Gasteiger partial charge on any atom is -0.480 e. The van der Waals surface area contributed by atoms with E-state index in [9.17, 15) is 34.1 Å². The Morgan fingerprint density at radius 1 is 0.552 bits per heavy atom. The molecule has 0 aromatic heterocycles. The molecule has 0 heterocycles. The maximum absolute atomic E-state index is 12.3. The van der Waals surface area contributed by atoms with E-state index in [0.717, 1.165) is 44.9 Å². The van der Waals surface area contributed by atoms with E-state index >= 15 is 0 Å². The second kappa shape index (κ2) is 41.7. The van der Waals surface area contributed by atoms with Gasteiger partial charge in [0, 0.05) is 12.8 Å². The van der Waals surface area contributed by atoms with Gasteiger partial charge in [-0.3, -0.25) is 18.6 Å². The summed E-state index contributed by atoms with van der Waals surface area (Å²) in [6, 6.07) is -1.54. The van der Waals surface area contributed by atoms with Crippen LogP contribution in [0.25, 0.3) is 0 Å². The van der Waals surface area contributed by atoms with E-state index in [1.165, 1.54) is 135 Å². The summed E-state index contributed by atoms with van der Waals surface area (Å²) in [5, 5.41) is 21.8. The molecule has 1 amide bonds. The Hall–Kier alpha value is -2.04. The number of hydrogen-bond donors (Lipinski definition) is 4. The normalized spacial score (nSPS) is 13.9. The van der Waals surface area contributed by atoms with Crippen LogP contribution in [0.15, 0.2) is 24.3 Å². The van der Waals surface area contributed by atoms with Gasteiger partial charge < -0.3 is 25.2 Å². The first kappa shape index (κ1) is 56.0. The number of allylic oxidation sites excluding steroid dienone is 4. The number of unbranched alkanes of at least 4 members (excludes halogenated alkanes) is 26. The molecule has 0 aliphatic heterocycles. The molecule has 4 N–H and O–H groups in total. The largest absolute Gasteiger partial charge is 0.480 e. The minimum atomic E-state index is -4.75. The number of ether oxygens (including phenoxy) is 1. The Morgan fingerprint density at radius 3 is 1.43 bits per heavy atom. The Bertz CT molecular complexity index is 1080. The van der Waals surface area contributed by atoms with Crippen molar-refractivity contribution in [3.8, 4) is 0 Å². The first-order valence-electron chi connectivity index (χ1n) is 23.4. The Balaban J connectivity index is 3.82. The third-order valence-corrected chi connectivity index (χ3v) is 11.2. The van der Waals surface area contributed by atoms with Crippen LogP contribution in [-0.2, 0) is 32.7 Å². The summed E-state index contributed by atoms with van der Waals surface area (Å²) in [6.07, 6.45) is 43.4. The summed E-state index contributed by atoms with van der Waals surface area (Å²) >= 11 is 0. The number of hydrogen-bond acceptors (Lipinski definition) is 8. The number of aliphatic hydroxyl groups excluding tert-OH is 1. The number of rotatable bonds is 44. The fraction of sp³-hybridized carbons (Fsp3) is 0.848. The van der Waals surface area contributed by atoms with Crippen molar-refractivity contribution in [1.29, 1.82) is 0 Å². The van der Waals surface area contributed by atoms with Gasteiger partial charge in [0.1, 0.15) is 12.7 Å². The zero-order chi connectivity index (χ0) is 42.8. The summed E-state index contributed by atoms with van der Waals surface area (Å²) in [5.74, 6) is -2.36. The van der Waals surface area contributed by atoms with Crippen molar-refractivity contribution >= 4 is 25.7 Å². The van der Waals surface area contributed by atoms with Crippen LogP contribution in [0.5, 0.6) is 0 Å². The molecule has 0 aliphatic carbocycles. The number of nitrogens with one attached hydrogen (secondary N) is 1. The fourth-order valence-electron chi connectivity index (χ4n) is 6.58. The van der Waals surface area contributed by atoms with Gasteiger partial charge in [0.05, 0.1) is 13.2 Å². The van der Waals surface area contributed by atoms with Crippen molar-refractivity contribution in [2.45, 2.75) is 231 Å². The standard InChI is InChI=1S/C46H86NO10P/c1-3-5-7-9-11-13-15-17-18-19-20-21-22-23-24-26-28-30-32-34-36-38-45(50)55-39-42(48)40-56-58(53,54)57-41-43(46(51)52)47-44(49)37-35-33-31-29-27-25-16-14-12-10-8-6-4-2/h11,13,17-18,42-43,48H,3-10,12,14-16,19-41H2,1-2H3,(H,47,49)(H,51,52)(H,53,54)/b13-11-,18-17-. The Morgan fingerprint density at radius 2 is 0.948 bits per heavy atom. The van der Waals surface area contributed by atoms with E-state index in [-0.39, 0.29) is 12.8 Å². The highest BCUT2D eigenvalue weighted by Gasteiger charge is 2.28. The highest BCUT2D eigenvalue weighted by molar-refractivity contribution is 7.47. The summed E-state index contributed by atoms with van der Waals surface area (Å²) in [6.45, 7) is 2.58. The number of amides is 1. The monoisotopic (exact) mass is 844 g/mol. The molecule has 0 saturated carbocycles. The first-order chi connectivity index (χ1) is 28.1. The lowest BCUT2D eigenvalue weighted by atomic mass is 10.0. The summed E-state index contributed by atoms with van der Waals surface area (Å²) in [7, 11) is -4.75. The average molecular weight is 844 g/mol. The zero-order valence-electron chi connectivity index (χ0n) is 36.9. The molecule has 58 heavy (non-hydrogen) atoms. The number of phosphoric acid groups is 1. The molecular weight excluding hydrogens is 757 g/mol. The molecule has 0 saturated heterocycles. The van der Waals surface area contributed by atoms with Gasteiger partial charge in [-0.05, 0) is 44.9 Å².